The second kappa shape index (κ2) is 7.92. The fourth-order valence-corrected chi connectivity index (χ4v) is 3.18. The summed E-state index contributed by atoms with van der Waals surface area (Å²) in [6.45, 7) is 0. The van der Waals surface area contributed by atoms with Gasteiger partial charge in [0.2, 0.25) is 11.1 Å². The number of hydrogen-bond acceptors (Lipinski definition) is 6. The van der Waals surface area contributed by atoms with Crippen molar-refractivity contribution in [2.45, 2.75) is 5.16 Å². The van der Waals surface area contributed by atoms with Gasteiger partial charge < -0.3 is 15.5 Å². The number of para-hydroxylation sites is 2. The average molecular weight is 369 g/mol. The molecule has 3 rings (SSSR count). The number of carbonyl (C=O) groups is 1. The standard InChI is InChI=1S/C18H19N5O2S/c1-22(13-8-4-3-5-9-13)16(24)12-26-18-21-20-17(23(18)19)14-10-6-7-11-15(14)25-2/h3-11H,12,19H2,1-2H3. The first-order valence-corrected chi connectivity index (χ1v) is 8.88. The van der Waals surface area contributed by atoms with Crippen LogP contribution in [0.15, 0.2) is 59.8 Å². The zero-order valence-electron chi connectivity index (χ0n) is 14.5. The van der Waals surface area contributed by atoms with Gasteiger partial charge in [0.15, 0.2) is 5.82 Å². The number of benzene rings is 2. The monoisotopic (exact) mass is 369 g/mol. The van der Waals surface area contributed by atoms with Crippen molar-refractivity contribution in [3.63, 3.8) is 0 Å². The van der Waals surface area contributed by atoms with Crippen LogP contribution in [0, 0.1) is 0 Å². The number of methoxy groups -OCH3 is 1. The van der Waals surface area contributed by atoms with E-state index in [0.717, 1.165) is 11.3 Å². The van der Waals surface area contributed by atoms with Crippen LogP contribution in [0.5, 0.6) is 5.75 Å². The third kappa shape index (κ3) is 3.65. The molecule has 2 aromatic carbocycles. The molecule has 0 radical (unpaired) electrons. The zero-order chi connectivity index (χ0) is 18.5. The van der Waals surface area contributed by atoms with Crippen LogP contribution >= 0.6 is 11.8 Å². The summed E-state index contributed by atoms with van der Waals surface area (Å²) in [5.41, 5.74) is 1.58. The Labute approximate surface area is 155 Å². The zero-order valence-corrected chi connectivity index (χ0v) is 15.3. The Bertz CT molecular complexity index is 898. The minimum absolute atomic E-state index is 0.0527. The predicted molar refractivity (Wildman–Crippen MR) is 103 cm³/mol. The van der Waals surface area contributed by atoms with Crippen LogP contribution < -0.4 is 15.5 Å². The molecule has 0 aliphatic heterocycles. The summed E-state index contributed by atoms with van der Waals surface area (Å²) < 4.78 is 6.71. The lowest BCUT2D eigenvalue weighted by atomic mass is 10.2. The van der Waals surface area contributed by atoms with Crippen molar-refractivity contribution in [1.82, 2.24) is 14.9 Å². The first kappa shape index (κ1) is 17.8. The maximum Gasteiger partial charge on any atom is 0.237 e. The normalized spacial score (nSPS) is 10.5. The fraction of sp³-hybridized carbons (Fsp3) is 0.167. The van der Waals surface area contributed by atoms with Crippen LogP contribution in [-0.4, -0.2) is 40.7 Å². The number of nitrogens with two attached hydrogens (primary N) is 1. The van der Waals surface area contributed by atoms with Gasteiger partial charge in [-0.25, -0.2) is 4.68 Å². The summed E-state index contributed by atoms with van der Waals surface area (Å²) in [4.78, 5) is 14.0. The molecule has 134 valence electrons. The summed E-state index contributed by atoms with van der Waals surface area (Å²) in [6, 6.07) is 16.9. The summed E-state index contributed by atoms with van der Waals surface area (Å²) in [7, 11) is 3.33. The molecule has 0 atom stereocenters. The molecule has 8 heteroatoms. The topological polar surface area (TPSA) is 86.3 Å². The first-order chi connectivity index (χ1) is 12.6. The van der Waals surface area contributed by atoms with Gasteiger partial charge in [0, 0.05) is 12.7 Å². The highest BCUT2D eigenvalue weighted by Crippen LogP contribution is 2.29. The molecule has 26 heavy (non-hydrogen) atoms. The Morgan fingerprint density at radius 2 is 1.85 bits per heavy atom. The number of hydrogen-bond donors (Lipinski definition) is 1. The number of carbonyl (C=O) groups excluding carboxylic acids is 1. The van der Waals surface area contributed by atoms with Crippen LogP contribution in [0.3, 0.4) is 0 Å². The Morgan fingerprint density at radius 3 is 2.58 bits per heavy atom. The molecule has 0 aliphatic rings. The number of anilines is 1. The third-order valence-corrected chi connectivity index (χ3v) is 4.78. The van der Waals surface area contributed by atoms with E-state index >= 15 is 0 Å². The minimum atomic E-state index is -0.0527. The molecule has 7 nitrogen and oxygen atoms in total. The van der Waals surface area contributed by atoms with Crippen molar-refractivity contribution in [1.29, 1.82) is 0 Å². The Kier molecular flexibility index (Phi) is 5.43. The highest BCUT2D eigenvalue weighted by atomic mass is 32.2. The van der Waals surface area contributed by atoms with E-state index in [1.165, 1.54) is 16.4 Å². The van der Waals surface area contributed by atoms with Crippen molar-refractivity contribution < 1.29 is 9.53 Å². The number of amides is 1. The van der Waals surface area contributed by atoms with Gasteiger partial charge in [0.1, 0.15) is 5.75 Å². The molecule has 1 heterocycles. The molecule has 0 bridgehead atoms. The summed E-state index contributed by atoms with van der Waals surface area (Å²) >= 11 is 1.24. The Morgan fingerprint density at radius 1 is 1.15 bits per heavy atom. The van der Waals surface area contributed by atoms with Crippen LogP contribution in [0.2, 0.25) is 0 Å². The van der Waals surface area contributed by atoms with Crippen molar-refractivity contribution in [3.05, 3.63) is 54.6 Å². The second-order valence-corrected chi connectivity index (χ2v) is 6.40. The van der Waals surface area contributed by atoms with E-state index in [0.29, 0.717) is 16.7 Å². The molecule has 0 spiro atoms. The molecule has 1 amide bonds. The van der Waals surface area contributed by atoms with Crippen molar-refractivity contribution >= 4 is 23.4 Å². The Balaban J connectivity index is 1.72. The number of nitrogens with zero attached hydrogens (tertiary/aromatic N) is 4. The molecule has 3 aromatic rings. The van der Waals surface area contributed by atoms with E-state index < -0.39 is 0 Å². The quantitative estimate of drug-likeness (QED) is 0.530. The van der Waals surface area contributed by atoms with E-state index in [4.69, 9.17) is 10.6 Å². The second-order valence-electron chi connectivity index (χ2n) is 5.45. The highest BCUT2D eigenvalue weighted by Gasteiger charge is 2.18. The van der Waals surface area contributed by atoms with Gasteiger partial charge in [-0.3, -0.25) is 4.79 Å². The summed E-state index contributed by atoms with van der Waals surface area (Å²) in [5, 5.41) is 8.69. The van der Waals surface area contributed by atoms with E-state index in [9.17, 15) is 4.79 Å². The lowest BCUT2D eigenvalue weighted by Gasteiger charge is -2.16. The number of ether oxygens (including phenoxy) is 1. The van der Waals surface area contributed by atoms with Crippen molar-refractivity contribution in [3.8, 4) is 17.1 Å². The molecular weight excluding hydrogens is 350 g/mol. The average Bonchev–Trinajstić information content (AvgIpc) is 3.06. The van der Waals surface area contributed by atoms with Gasteiger partial charge in [0.05, 0.1) is 18.4 Å². The number of aromatic nitrogens is 3. The summed E-state index contributed by atoms with van der Waals surface area (Å²) in [6.07, 6.45) is 0. The summed E-state index contributed by atoms with van der Waals surface area (Å²) in [5.74, 6) is 7.41. The molecule has 0 aliphatic carbocycles. The number of rotatable bonds is 6. The van der Waals surface area contributed by atoms with Gasteiger partial charge in [-0.1, -0.05) is 42.1 Å². The minimum Gasteiger partial charge on any atom is -0.496 e. The first-order valence-electron chi connectivity index (χ1n) is 7.90. The SMILES string of the molecule is COc1ccccc1-c1nnc(SCC(=O)N(C)c2ccccc2)n1N. The predicted octanol–water partition coefficient (Wildman–Crippen LogP) is 2.42. The van der Waals surface area contributed by atoms with Crippen LogP contribution in [0.25, 0.3) is 11.4 Å². The van der Waals surface area contributed by atoms with Gasteiger partial charge in [0.25, 0.3) is 0 Å². The molecule has 0 unspecified atom stereocenters. The fourth-order valence-electron chi connectivity index (χ4n) is 2.41. The molecule has 0 saturated carbocycles. The highest BCUT2D eigenvalue weighted by molar-refractivity contribution is 7.99. The number of nitrogen functional groups attached to an aromatic ring is 1. The maximum atomic E-state index is 12.4. The number of thioether (sulfide) groups is 1. The lowest BCUT2D eigenvalue weighted by Crippen LogP contribution is -2.28. The maximum absolute atomic E-state index is 12.4. The smallest absolute Gasteiger partial charge is 0.237 e. The molecule has 0 saturated heterocycles. The Hall–Kier alpha value is -3.00. The van der Waals surface area contributed by atoms with Crippen molar-refractivity contribution in [2.75, 3.05) is 30.7 Å². The van der Waals surface area contributed by atoms with Crippen molar-refractivity contribution in [2.24, 2.45) is 0 Å². The largest absolute Gasteiger partial charge is 0.496 e. The van der Waals surface area contributed by atoms with Crippen LogP contribution in [0.4, 0.5) is 5.69 Å². The third-order valence-electron chi connectivity index (χ3n) is 3.85. The van der Waals surface area contributed by atoms with Gasteiger partial charge in [-0.2, -0.15) is 0 Å². The van der Waals surface area contributed by atoms with E-state index in [2.05, 4.69) is 10.2 Å². The molecular formula is C18H19N5O2S. The van der Waals surface area contributed by atoms with Crippen LogP contribution in [-0.2, 0) is 4.79 Å². The molecule has 2 N–H and O–H groups in total. The van der Waals surface area contributed by atoms with Crippen LogP contribution in [0.1, 0.15) is 0 Å². The van der Waals surface area contributed by atoms with Gasteiger partial charge in [-0.05, 0) is 24.3 Å². The molecule has 1 aromatic heterocycles. The molecule has 0 fully saturated rings. The van der Waals surface area contributed by atoms with Gasteiger partial charge >= 0.3 is 0 Å². The van der Waals surface area contributed by atoms with E-state index in [1.807, 2.05) is 54.6 Å². The van der Waals surface area contributed by atoms with Gasteiger partial charge in [-0.15, -0.1) is 10.2 Å². The lowest BCUT2D eigenvalue weighted by molar-refractivity contribution is -0.115. The van der Waals surface area contributed by atoms with E-state index in [-0.39, 0.29) is 11.7 Å². The van der Waals surface area contributed by atoms with E-state index in [1.54, 1.807) is 19.1 Å².